The highest BCUT2D eigenvalue weighted by atomic mass is 35.5. The molecule has 0 unspecified atom stereocenters. The number of halogens is 1. The molecule has 1 aromatic heterocycles. The number of nitrogens with zero attached hydrogens (tertiary/aromatic N) is 2. The fourth-order valence-corrected chi connectivity index (χ4v) is 4.68. The van der Waals surface area contributed by atoms with Gasteiger partial charge in [-0.2, -0.15) is 0 Å². The van der Waals surface area contributed by atoms with Crippen LogP contribution in [0.3, 0.4) is 0 Å². The van der Waals surface area contributed by atoms with Crippen LogP contribution in [0, 0.1) is 0 Å². The first-order valence-corrected chi connectivity index (χ1v) is 10.6. The summed E-state index contributed by atoms with van der Waals surface area (Å²) in [6, 6.07) is 12.4. The summed E-state index contributed by atoms with van der Waals surface area (Å²) >= 11 is 6.08. The van der Waals surface area contributed by atoms with Gasteiger partial charge in [0.05, 0.1) is 17.0 Å². The van der Waals surface area contributed by atoms with Crippen molar-refractivity contribution < 1.29 is 13.2 Å². The predicted molar refractivity (Wildman–Crippen MR) is 113 cm³/mol. The Balaban J connectivity index is 1.88. The second-order valence-electron chi connectivity index (χ2n) is 6.84. The van der Waals surface area contributed by atoms with E-state index in [9.17, 15) is 8.42 Å². The Morgan fingerprint density at radius 3 is 2.57 bits per heavy atom. The van der Waals surface area contributed by atoms with E-state index in [2.05, 4.69) is 21.4 Å². The van der Waals surface area contributed by atoms with E-state index in [1.807, 2.05) is 44.4 Å². The third kappa shape index (κ3) is 4.03. The summed E-state index contributed by atoms with van der Waals surface area (Å²) in [5.74, 6) is 0.433. The van der Waals surface area contributed by atoms with Crippen molar-refractivity contribution in [1.29, 1.82) is 0 Å². The summed E-state index contributed by atoms with van der Waals surface area (Å²) in [7, 11) is 3.63. The lowest BCUT2D eigenvalue weighted by atomic mass is 10.1. The van der Waals surface area contributed by atoms with Crippen LogP contribution in [-0.4, -0.2) is 45.6 Å². The van der Waals surface area contributed by atoms with E-state index < -0.39 is 10.0 Å². The van der Waals surface area contributed by atoms with Gasteiger partial charge in [0.1, 0.15) is 5.75 Å². The molecule has 0 spiro atoms. The predicted octanol–water partition coefficient (Wildman–Crippen LogP) is 3.42. The van der Waals surface area contributed by atoms with Gasteiger partial charge in [0.25, 0.3) is 0 Å². The van der Waals surface area contributed by atoms with Crippen LogP contribution in [0.1, 0.15) is 11.6 Å². The molecule has 1 N–H and O–H groups in total. The molecule has 0 amide bonds. The zero-order valence-electron chi connectivity index (χ0n) is 16.3. The Morgan fingerprint density at radius 2 is 1.93 bits per heavy atom. The quantitative estimate of drug-likeness (QED) is 0.634. The number of para-hydroxylation sites is 1. The van der Waals surface area contributed by atoms with Gasteiger partial charge in [-0.05, 0) is 43.9 Å². The van der Waals surface area contributed by atoms with Gasteiger partial charge in [0, 0.05) is 36.7 Å². The van der Waals surface area contributed by atoms with E-state index in [4.69, 9.17) is 16.3 Å². The number of rotatable bonds is 7. The highest BCUT2D eigenvalue weighted by Crippen LogP contribution is 2.30. The monoisotopic (exact) mass is 421 g/mol. The minimum Gasteiger partial charge on any atom is -0.495 e. The zero-order valence-corrected chi connectivity index (χ0v) is 17.9. The molecule has 0 aliphatic carbocycles. The third-order valence-corrected chi connectivity index (χ3v) is 6.53. The first-order chi connectivity index (χ1) is 13.2. The number of benzene rings is 2. The number of aryl methyl sites for hydroxylation is 1. The Kier molecular flexibility index (Phi) is 6.00. The summed E-state index contributed by atoms with van der Waals surface area (Å²) in [5, 5.41) is 1.36. The maximum absolute atomic E-state index is 12.8. The fraction of sp³-hybridized carbons (Fsp3) is 0.300. The van der Waals surface area contributed by atoms with Gasteiger partial charge in [0.15, 0.2) is 0 Å². The molecule has 0 aliphatic heterocycles. The average Bonchev–Trinajstić information content (AvgIpc) is 2.98. The Bertz CT molecular complexity index is 1090. The molecule has 3 aromatic rings. The number of likely N-dealkylation sites (N-methyl/N-ethyl adjacent to an activating group) is 1. The zero-order chi connectivity index (χ0) is 20.5. The summed E-state index contributed by atoms with van der Waals surface area (Å²) in [5.41, 5.74) is 2.17. The molecule has 0 saturated carbocycles. The van der Waals surface area contributed by atoms with Crippen molar-refractivity contribution in [3.63, 3.8) is 0 Å². The highest BCUT2D eigenvalue weighted by molar-refractivity contribution is 7.89. The van der Waals surface area contributed by atoms with Gasteiger partial charge in [0.2, 0.25) is 10.0 Å². The number of aromatic nitrogens is 1. The largest absolute Gasteiger partial charge is 0.495 e. The average molecular weight is 422 g/mol. The van der Waals surface area contributed by atoms with Crippen LogP contribution < -0.4 is 9.46 Å². The third-order valence-electron chi connectivity index (χ3n) is 4.81. The van der Waals surface area contributed by atoms with E-state index in [0.717, 1.165) is 16.5 Å². The van der Waals surface area contributed by atoms with E-state index in [1.165, 1.54) is 19.2 Å². The smallest absolute Gasteiger partial charge is 0.240 e. The van der Waals surface area contributed by atoms with Crippen LogP contribution in [0.5, 0.6) is 5.75 Å². The molecule has 28 heavy (non-hydrogen) atoms. The van der Waals surface area contributed by atoms with Crippen molar-refractivity contribution >= 4 is 32.5 Å². The topological polar surface area (TPSA) is 63.6 Å². The molecule has 6 nitrogen and oxygen atoms in total. The van der Waals surface area contributed by atoms with Gasteiger partial charge < -0.3 is 14.2 Å². The van der Waals surface area contributed by atoms with Crippen molar-refractivity contribution in [3.05, 3.63) is 59.2 Å². The van der Waals surface area contributed by atoms with Gasteiger partial charge in [-0.25, -0.2) is 13.1 Å². The van der Waals surface area contributed by atoms with Crippen LogP contribution in [0.4, 0.5) is 0 Å². The van der Waals surface area contributed by atoms with E-state index >= 15 is 0 Å². The van der Waals surface area contributed by atoms with Gasteiger partial charge in [-0.3, -0.25) is 0 Å². The number of sulfonamides is 1. The number of fused-ring (bicyclic) bond motifs is 1. The lowest BCUT2D eigenvalue weighted by Gasteiger charge is -2.24. The van der Waals surface area contributed by atoms with Crippen molar-refractivity contribution in [2.24, 2.45) is 7.05 Å². The summed E-state index contributed by atoms with van der Waals surface area (Å²) < 4.78 is 35.4. The molecule has 0 radical (unpaired) electrons. The van der Waals surface area contributed by atoms with Crippen molar-refractivity contribution in [2.75, 3.05) is 27.7 Å². The standard InChI is InChI=1S/C20H24ClN3O3S/c1-23(2)19(16-13-24(3)18-8-6-5-7-15(16)18)12-22-28(25,26)14-9-10-20(27-4)17(21)11-14/h5-11,13,19,22H,12H2,1-4H3/t19-/m0/s1. The Labute approximate surface area is 170 Å². The maximum Gasteiger partial charge on any atom is 0.240 e. The Hall–Kier alpha value is -2.06. The number of nitrogens with one attached hydrogen (secondary N) is 1. The Morgan fingerprint density at radius 1 is 1.21 bits per heavy atom. The lowest BCUT2D eigenvalue weighted by molar-refractivity contribution is 0.301. The van der Waals surface area contributed by atoms with Crippen molar-refractivity contribution in [2.45, 2.75) is 10.9 Å². The number of methoxy groups -OCH3 is 1. The number of hydrogen-bond donors (Lipinski definition) is 1. The van der Waals surface area contributed by atoms with Crippen LogP contribution in [0.2, 0.25) is 5.02 Å². The van der Waals surface area contributed by atoms with Gasteiger partial charge in [-0.1, -0.05) is 29.8 Å². The SMILES string of the molecule is COc1ccc(S(=O)(=O)NC[C@@H](c2cn(C)c3ccccc23)N(C)C)cc1Cl. The summed E-state index contributed by atoms with van der Waals surface area (Å²) in [6.07, 6.45) is 2.05. The molecule has 2 aromatic carbocycles. The number of ether oxygens (including phenoxy) is 1. The van der Waals surface area contributed by atoms with Gasteiger partial charge in [-0.15, -0.1) is 0 Å². The van der Waals surface area contributed by atoms with Gasteiger partial charge >= 0.3 is 0 Å². The number of hydrogen-bond acceptors (Lipinski definition) is 4. The minimum absolute atomic E-state index is 0.105. The molecule has 150 valence electrons. The van der Waals surface area contributed by atoms with Crippen molar-refractivity contribution in [3.8, 4) is 5.75 Å². The second kappa shape index (κ2) is 8.13. The highest BCUT2D eigenvalue weighted by Gasteiger charge is 2.23. The van der Waals surface area contributed by atoms with E-state index in [-0.39, 0.29) is 22.5 Å². The molecule has 0 saturated heterocycles. The van der Waals surface area contributed by atoms with E-state index in [0.29, 0.717) is 5.75 Å². The fourth-order valence-electron chi connectivity index (χ4n) is 3.30. The molecule has 8 heteroatoms. The van der Waals surface area contributed by atoms with E-state index in [1.54, 1.807) is 6.07 Å². The molecule has 3 rings (SSSR count). The molecular formula is C20H24ClN3O3S. The molecule has 0 fully saturated rings. The maximum atomic E-state index is 12.8. The molecule has 0 aliphatic rings. The van der Waals surface area contributed by atoms with Crippen molar-refractivity contribution in [1.82, 2.24) is 14.2 Å². The molecule has 0 bridgehead atoms. The second-order valence-corrected chi connectivity index (χ2v) is 9.01. The summed E-state index contributed by atoms with van der Waals surface area (Å²) in [6.45, 7) is 0.229. The van der Waals surface area contributed by atoms with Crippen LogP contribution in [0.15, 0.2) is 53.6 Å². The molecule has 1 atom stereocenters. The van der Waals surface area contributed by atoms with Crippen LogP contribution in [0.25, 0.3) is 10.9 Å². The molecule has 1 heterocycles. The first kappa shape index (κ1) is 20.7. The summed E-state index contributed by atoms with van der Waals surface area (Å²) in [4.78, 5) is 2.11. The lowest BCUT2D eigenvalue weighted by Crippen LogP contribution is -2.34. The first-order valence-electron chi connectivity index (χ1n) is 8.78. The van der Waals surface area contributed by atoms with Crippen LogP contribution >= 0.6 is 11.6 Å². The molecular weight excluding hydrogens is 398 g/mol. The van der Waals surface area contributed by atoms with Crippen LogP contribution in [-0.2, 0) is 17.1 Å². The minimum atomic E-state index is -3.71. The normalized spacial score (nSPS) is 13.2.